The molecule has 2 amide bonds. The number of aliphatic carboxylic acids is 1. The lowest BCUT2D eigenvalue weighted by atomic mass is 9.74. The second kappa shape index (κ2) is 9.55. The van der Waals surface area contributed by atoms with E-state index in [9.17, 15) is 27.2 Å². The van der Waals surface area contributed by atoms with Crippen molar-refractivity contribution < 1.29 is 37.1 Å². The van der Waals surface area contributed by atoms with E-state index in [1.807, 2.05) is 12.1 Å². The third-order valence-electron chi connectivity index (χ3n) is 5.83. The van der Waals surface area contributed by atoms with Crippen molar-refractivity contribution in [2.75, 3.05) is 13.1 Å². The first-order valence-corrected chi connectivity index (χ1v) is 10.1. The first kappa shape index (κ1) is 24.1. The summed E-state index contributed by atoms with van der Waals surface area (Å²) in [6.07, 6.45) is 0.297. The number of carbonyl (C=O) groups excluding carboxylic acids is 2. The van der Waals surface area contributed by atoms with Crippen molar-refractivity contribution >= 4 is 17.8 Å². The van der Waals surface area contributed by atoms with Crippen molar-refractivity contribution in [3.8, 4) is 0 Å². The number of carboxylic acid groups (broad SMARTS) is 1. The maximum atomic E-state index is 13.1. The fourth-order valence-corrected chi connectivity index (χ4v) is 4.19. The Kier molecular flexibility index (Phi) is 6.99. The maximum Gasteiger partial charge on any atom is 0.490 e. The maximum absolute atomic E-state index is 13.1. The van der Waals surface area contributed by atoms with E-state index in [0.29, 0.717) is 37.9 Å². The molecule has 2 saturated heterocycles. The van der Waals surface area contributed by atoms with Crippen LogP contribution in [0.15, 0.2) is 48.8 Å². The Bertz CT molecular complexity index is 1000. The number of likely N-dealkylation sites (tertiary alicyclic amines) is 1. The van der Waals surface area contributed by atoms with Crippen molar-refractivity contribution in [1.82, 2.24) is 15.2 Å². The molecule has 1 atom stereocenters. The second-order valence-corrected chi connectivity index (χ2v) is 7.84. The van der Waals surface area contributed by atoms with Gasteiger partial charge in [0.05, 0.1) is 5.54 Å². The number of hydrogen-bond donors (Lipinski definition) is 2. The molecule has 2 fully saturated rings. The van der Waals surface area contributed by atoms with Crippen LogP contribution in [0.5, 0.6) is 0 Å². The molecule has 3 heterocycles. The lowest BCUT2D eigenvalue weighted by Gasteiger charge is -2.43. The molecule has 1 aromatic heterocycles. The van der Waals surface area contributed by atoms with Gasteiger partial charge in [-0.2, -0.15) is 13.2 Å². The van der Waals surface area contributed by atoms with Crippen LogP contribution in [0.25, 0.3) is 0 Å². The van der Waals surface area contributed by atoms with E-state index in [1.54, 1.807) is 17.3 Å². The third kappa shape index (κ3) is 5.65. The molecule has 1 aromatic carbocycles. The molecule has 33 heavy (non-hydrogen) atoms. The number of nitrogens with one attached hydrogen (secondary N) is 1. The predicted octanol–water partition coefficient (Wildman–Crippen LogP) is 3.13. The van der Waals surface area contributed by atoms with Crippen molar-refractivity contribution in [2.45, 2.75) is 36.9 Å². The van der Waals surface area contributed by atoms with Crippen LogP contribution in [-0.2, 0) is 9.59 Å². The number of benzene rings is 1. The summed E-state index contributed by atoms with van der Waals surface area (Å²) in [6, 6.07) is 9.55. The molecule has 0 bridgehead atoms. The number of piperidine rings is 1. The average Bonchev–Trinajstić information content (AvgIpc) is 3.10. The molecule has 2 aliphatic rings. The van der Waals surface area contributed by atoms with Crippen LogP contribution in [0.4, 0.5) is 17.6 Å². The summed E-state index contributed by atoms with van der Waals surface area (Å²) in [5.41, 5.74) is 1.29. The minimum atomic E-state index is -5.08. The van der Waals surface area contributed by atoms with Crippen molar-refractivity contribution in [2.24, 2.45) is 0 Å². The van der Waals surface area contributed by atoms with E-state index in [4.69, 9.17) is 9.90 Å². The van der Waals surface area contributed by atoms with Gasteiger partial charge < -0.3 is 15.3 Å². The predicted molar refractivity (Wildman–Crippen MR) is 108 cm³/mol. The number of pyridine rings is 1. The standard InChI is InChI=1S/C20H20FN3O2.C2HF3O2/c21-16-3-1-15(2-4-16)19(26)24-11-7-20(8-12-24)17(13-18(25)23-20)14-5-9-22-10-6-14;3-2(4,5)1(6)7/h1-6,9-10,17H,7-8,11-13H2,(H,23,25);(H,6,7). The molecule has 0 aliphatic carbocycles. The van der Waals surface area contributed by atoms with E-state index in [2.05, 4.69) is 10.3 Å². The van der Waals surface area contributed by atoms with Crippen molar-refractivity contribution in [3.05, 3.63) is 65.7 Å². The summed E-state index contributed by atoms with van der Waals surface area (Å²) >= 11 is 0. The highest BCUT2D eigenvalue weighted by atomic mass is 19.4. The highest BCUT2D eigenvalue weighted by Crippen LogP contribution is 2.43. The average molecular weight is 467 g/mol. The fraction of sp³-hybridized carbons (Fsp3) is 0.364. The highest BCUT2D eigenvalue weighted by Gasteiger charge is 2.49. The second-order valence-electron chi connectivity index (χ2n) is 7.84. The summed E-state index contributed by atoms with van der Waals surface area (Å²) in [5.74, 6) is -3.05. The number of carboxylic acids is 1. The van der Waals surface area contributed by atoms with Crippen LogP contribution >= 0.6 is 0 Å². The van der Waals surface area contributed by atoms with E-state index in [-0.39, 0.29) is 29.1 Å². The summed E-state index contributed by atoms with van der Waals surface area (Å²) in [4.78, 5) is 39.5. The number of halogens is 4. The molecule has 2 N–H and O–H groups in total. The number of nitrogens with zero attached hydrogens (tertiary/aromatic N) is 2. The number of alkyl halides is 3. The van der Waals surface area contributed by atoms with Gasteiger partial charge in [-0.15, -0.1) is 0 Å². The molecule has 1 spiro atoms. The van der Waals surface area contributed by atoms with E-state index >= 15 is 0 Å². The largest absolute Gasteiger partial charge is 0.490 e. The SMILES string of the molecule is O=C(O)C(F)(F)F.O=C1CC(c2ccncc2)C2(CCN(C(=O)c3ccc(F)cc3)CC2)N1. The monoisotopic (exact) mass is 467 g/mol. The summed E-state index contributed by atoms with van der Waals surface area (Å²) in [6.45, 7) is 1.14. The summed E-state index contributed by atoms with van der Waals surface area (Å²) in [7, 11) is 0. The van der Waals surface area contributed by atoms with E-state index in [0.717, 1.165) is 5.56 Å². The van der Waals surface area contributed by atoms with Gasteiger partial charge in [0.15, 0.2) is 0 Å². The van der Waals surface area contributed by atoms with Crippen LogP contribution in [0.1, 0.15) is 41.1 Å². The van der Waals surface area contributed by atoms with Crippen LogP contribution in [-0.4, -0.2) is 57.6 Å². The number of rotatable bonds is 2. The van der Waals surface area contributed by atoms with Gasteiger partial charge in [0.1, 0.15) is 5.82 Å². The van der Waals surface area contributed by atoms with Gasteiger partial charge in [0.25, 0.3) is 5.91 Å². The van der Waals surface area contributed by atoms with Crippen LogP contribution < -0.4 is 5.32 Å². The topological polar surface area (TPSA) is 99.6 Å². The molecule has 176 valence electrons. The molecule has 0 radical (unpaired) electrons. The first-order chi connectivity index (χ1) is 15.5. The molecular formula is C22H21F4N3O4. The van der Waals surface area contributed by atoms with E-state index in [1.165, 1.54) is 24.3 Å². The molecule has 1 unspecified atom stereocenters. The molecule has 11 heteroatoms. The third-order valence-corrected chi connectivity index (χ3v) is 5.83. The molecule has 0 saturated carbocycles. The smallest absolute Gasteiger partial charge is 0.475 e. The van der Waals surface area contributed by atoms with Gasteiger partial charge in [-0.3, -0.25) is 14.6 Å². The zero-order chi connectivity index (χ0) is 24.2. The molecule has 2 aromatic rings. The highest BCUT2D eigenvalue weighted by molar-refractivity contribution is 5.94. The fourth-order valence-electron chi connectivity index (χ4n) is 4.19. The quantitative estimate of drug-likeness (QED) is 0.662. The van der Waals surface area contributed by atoms with Gasteiger partial charge in [-0.05, 0) is 54.8 Å². The molecular weight excluding hydrogens is 446 g/mol. The van der Waals surface area contributed by atoms with Gasteiger partial charge in [0, 0.05) is 43.4 Å². The Balaban J connectivity index is 0.000000383. The van der Waals surface area contributed by atoms with E-state index < -0.39 is 12.1 Å². The number of hydrogen-bond acceptors (Lipinski definition) is 4. The van der Waals surface area contributed by atoms with Gasteiger partial charge in [-0.25, -0.2) is 9.18 Å². The Morgan fingerprint density at radius 1 is 1.06 bits per heavy atom. The van der Waals surface area contributed by atoms with Crippen molar-refractivity contribution in [3.63, 3.8) is 0 Å². The summed E-state index contributed by atoms with van der Waals surface area (Å²) in [5, 5.41) is 10.3. The minimum Gasteiger partial charge on any atom is -0.475 e. The van der Waals surface area contributed by atoms with Crippen LogP contribution in [0.2, 0.25) is 0 Å². The van der Waals surface area contributed by atoms with Crippen LogP contribution in [0.3, 0.4) is 0 Å². The van der Waals surface area contributed by atoms with Gasteiger partial charge in [0.2, 0.25) is 5.91 Å². The number of amides is 2. The lowest BCUT2D eigenvalue weighted by Crippen LogP contribution is -2.54. The normalized spacial score (nSPS) is 19.5. The Labute approximate surface area is 186 Å². The summed E-state index contributed by atoms with van der Waals surface area (Å²) < 4.78 is 44.8. The molecule has 4 rings (SSSR count). The first-order valence-electron chi connectivity index (χ1n) is 10.1. The van der Waals surface area contributed by atoms with Crippen molar-refractivity contribution in [1.29, 1.82) is 0 Å². The van der Waals surface area contributed by atoms with Gasteiger partial charge in [-0.1, -0.05) is 0 Å². The Morgan fingerprint density at radius 2 is 1.61 bits per heavy atom. The Hall–Kier alpha value is -3.50. The zero-order valence-electron chi connectivity index (χ0n) is 17.3. The molecule has 2 aliphatic heterocycles. The zero-order valence-corrected chi connectivity index (χ0v) is 17.3. The lowest BCUT2D eigenvalue weighted by molar-refractivity contribution is -0.192. The number of aromatic nitrogens is 1. The van der Waals surface area contributed by atoms with Gasteiger partial charge >= 0.3 is 12.1 Å². The van der Waals surface area contributed by atoms with Crippen LogP contribution in [0, 0.1) is 5.82 Å². The Morgan fingerprint density at radius 3 is 2.12 bits per heavy atom. The number of carbonyl (C=O) groups is 3. The molecule has 7 nitrogen and oxygen atoms in total. The minimum absolute atomic E-state index is 0.0603.